The van der Waals surface area contributed by atoms with Gasteiger partial charge in [0, 0.05) is 10.8 Å². The summed E-state index contributed by atoms with van der Waals surface area (Å²) in [4.78, 5) is 18.5. The highest BCUT2D eigenvalue weighted by Gasteiger charge is 2.27. The Labute approximate surface area is 137 Å². The third kappa shape index (κ3) is 3.89. The third-order valence-corrected chi connectivity index (χ3v) is 6.33. The number of thiazole rings is 1. The summed E-state index contributed by atoms with van der Waals surface area (Å²) in [5, 5.41) is 3.93. The predicted octanol–water partition coefficient (Wildman–Crippen LogP) is 4.96. The van der Waals surface area contributed by atoms with E-state index in [-0.39, 0.29) is 11.8 Å². The van der Waals surface area contributed by atoms with Crippen LogP contribution in [0.15, 0.2) is 0 Å². The molecule has 1 fully saturated rings. The highest BCUT2D eigenvalue weighted by atomic mass is 32.1. The summed E-state index contributed by atoms with van der Waals surface area (Å²) in [5.74, 6) is 1.27. The number of amides is 1. The number of nitrogens with zero attached hydrogens (tertiary/aromatic N) is 1. The van der Waals surface area contributed by atoms with E-state index in [1.54, 1.807) is 11.3 Å². The Morgan fingerprint density at radius 1 is 1.23 bits per heavy atom. The molecule has 22 heavy (non-hydrogen) atoms. The number of anilines is 1. The maximum absolute atomic E-state index is 12.5. The lowest BCUT2D eigenvalue weighted by Crippen LogP contribution is -2.27. The Hall–Kier alpha value is -0.900. The molecule has 0 aliphatic heterocycles. The highest BCUT2D eigenvalue weighted by Crippen LogP contribution is 2.34. The second kappa shape index (κ2) is 7.58. The Balaban J connectivity index is 1.49. The number of nitrogens with one attached hydrogen (secondary N) is 1. The summed E-state index contributed by atoms with van der Waals surface area (Å²) in [7, 11) is 0. The van der Waals surface area contributed by atoms with Gasteiger partial charge in [-0.25, -0.2) is 4.98 Å². The third-order valence-electron chi connectivity index (χ3n) is 5.26. The molecule has 0 unspecified atom stereocenters. The predicted molar refractivity (Wildman–Crippen MR) is 92.4 cm³/mol. The fourth-order valence-electron chi connectivity index (χ4n) is 3.82. The van der Waals surface area contributed by atoms with Crippen molar-refractivity contribution in [1.29, 1.82) is 0 Å². The number of hydrogen-bond donors (Lipinski definition) is 1. The molecule has 122 valence electrons. The van der Waals surface area contributed by atoms with Crippen molar-refractivity contribution in [1.82, 2.24) is 4.98 Å². The molecular formula is C18H28N2OS. The highest BCUT2D eigenvalue weighted by molar-refractivity contribution is 7.15. The summed E-state index contributed by atoms with van der Waals surface area (Å²) >= 11 is 1.70. The average Bonchev–Trinajstić information content (AvgIpc) is 2.95. The number of unbranched alkanes of at least 4 members (excludes halogenated alkanes) is 1. The van der Waals surface area contributed by atoms with Crippen LogP contribution in [0.1, 0.15) is 75.3 Å². The quantitative estimate of drug-likeness (QED) is 0.833. The van der Waals surface area contributed by atoms with E-state index in [0.29, 0.717) is 0 Å². The number of hydrogen-bond acceptors (Lipinski definition) is 3. The zero-order chi connectivity index (χ0) is 15.4. The molecule has 0 radical (unpaired) electrons. The largest absolute Gasteiger partial charge is 0.302 e. The van der Waals surface area contributed by atoms with Gasteiger partial charge in [0.15, 0.2) is 5.13 Å². The normalized spacial score (nSPS) is 24.8. The van der Waals surface area contributed by atoms with Gasteiger partial charge in [0.2, 0.25) is 5.91 Å². The minimum Gasteiger partial charge on any atom is -0.302 e. The minimum absolute atomic E-state index is 0.207. The van der Waals surface area contributed by atoms with Crippen LogP contribution in [0.2, 0.25) is 0 Å². The maximum atomic E-state index is 12.5. The number of carbonyl (C=O) groups is 1. The Morgan fingerprint density at radius 3 is 2.73 bits per heavy atom. The molecule has 1 heterocycles. The number of rotatable bonds is 5. The SMILES string of the molecule is CCCCC1CCC(C(=O)Nc2nc3c(s2)CCCC3)CC1. The summed E-state index contributed by atoms with van der Waals surface area (Å²) < 4.78 is 0. The van der Waals surface area contributed by atoms with Crippen molar-refractivity contribution in [3.05, 3.63) is 10.6 Å². The van der Waals surface area contributed by atoms with Gasteiger partial charge >= 0.3 is 0 Å². The van der Waals surface area contributed by atoms with E-state index < -0.39 is 0 Å². The summed E-state index contributed by atoms with van der Waals surface area (Å²) in [6.45, 7) is 2.26. The molecule has 0 spiro atoms. The minimum atomic E-state index is 0.207. The zero-order valence-corrected chi connectivity index (χ0v) is 14.5. The zero-order valence-electron chi connectivity index (χ0n) is 13.7. The Bertz CT molecular complexity index is 480. The fourth-order valence-corrected chi connectivity index (χ4v) is 4.87. The summed E-state index contributed by atoms with van der Waals surface area (Å²) in [6.07, 6.45) is 13.3. The van der Waals surface area contributed by atoms with Crippen LogP contribution in [0.25, 0.3) is 0 Å². The molecule has 1 N–H and O–H groups in total. The number of carbonyl (C=O) groups excluding carboxylic acids is 1. The van der Waals surface area contributed by atoms with Crippen molar-refractivity contribution in [2.24, 2.45) is 11.8 Å². The molecule has 0 saturated heterocycles. The van der Waals surface area contributed by atoms with Gasteiger partial charge in [-0.15, -0.1) is 11.3 Å². The molecule has 1 amide bonds. The van der Waals surface area contributed by atoms with E-state index in [2.05, 4.69) is 17.2 Å². The Morgan fingerprint density at radius 2 is 2.00 bits per heavy atom. The molecule has 4 heteroatoms. The van der Waals surface area contributed by atoms with Crippen molar-refractivity contribution in [2.45, 2.75) is 77.6 Å². The second-order valence-electron chi connectivity index (χ2n) is 6.95. The molecule has 1 saturated carbocycles. The molecule has 0 aromatic carbocycles. The first-order chi connectivity index (χ1) is 10.8. The van der Waals surface area contributed by atoms with E-state index in [1.807, 2.05) is 0 Å². The van der Waals surface area contributed by atoms with E-state index in [1.165, 1.54) is 55.5 Å². The van der Waals surface area contributed by atoms with Gasteiger partial charge in [0.1, 0.15) is 0 Å². The first-order valence-electron chi connectivity index (χ1n) is 9.05. The van der Waals surface area contributed by atoms with Crippen LogP contribution in [-0.4, -0.2) is 10.9 Å². The molecule has 3 rings (SSSR count). The molecule has 2 aliphatic carbocycles. The van der Waals surface area contributed by atoms with Gasteiger partial charge in [-0.3, -0.25) is 4.79 Å². The van der Waals surface area contributed by atoms with E-state index in [4.69, 9.17) is 0 Å². The molecule has 1 aromatic rings. The van der Waals surface area contributed by atoms with Crippen LogP contribution in [-0.2, 0) is 17.6 Å². The molecule has 3 nitrogen and oxygen atoms in total. The molecule has 0 atom stereocenters. The van der Waals surface area contributed by atoms with Crippen LogP contribution >= 0.6 is 11.3 Å². The lowest BCUT2D eigenvalue weighted by Gasteiger charge is -2.27. The lowest BCUT2D eigenvalue weighted by atomic mass is 9.79. The molecular weight excluding hydrogens is 292 g/mol. The van der Waals surface area contributed by atoms with Crippen LogP contribution in [0.5, 0.6) is 0 Å². The smallest absolute Gasteiger partial charge is 0.229 e. The monoisotopic (exact) mass is 320 g/mol. The van der Waals surface area contributed by atoms with Crippen LogP contribution in [0.3, 0.4) is 0 Å². The van der Waals surface area contributed by atoms with Gasteiger partial charge < -0.3 is 5.32 Å². The second-order valence-corrected chi connectivity index (χ2v) is 8.03. The van der Waals surface area contributed by atoms with Gasteiger partial charge in [0.25, 0.3) is 0 Å². The topological polar surface area (TPSA) is 42.0 Å². The first kappa shape index (κ1) is 16.0. The van der Waals surface area contributed by atoms with Crippen LogP contribution < -0.4 is 5.32 Å². The van der Waals surface area contributed by atoms with E-state index in [9.17, 15) is 4.79 Å². The number of aryl methyl sites for hydroxylation is 2. The van der Waals surface area contributed by atoms with Gasteiger partial charge in [0.05, 0.1) is 5.69 Å². The average molecular weight is 321 g/mol. The van der Waals surface area contributed by atoms with Gasteiger partial charge in [-0.05, 0) is 57.3 Å². The maximum Gasteiger partial charge on any atom is 0.229 e. The number of fused-ring (bicyclic) bond motifs is 1. The summed E-state index contributed by atoms with van der Waals surface area (Å²) in [5.41, 5.74) is 1.23. The molecule has 2 aliphatic rings. The Kier molecular flexibility index (Phi) is 5.51. The van der Waals surface area contributed by atoms with Crippen LogP contribution in [0, 0.1) is 11.8 Å². The van der Waals surface area contributed by atoms with Crippen molar-refractivity contribution >= 4 is 22.4 Å². The van der Waals surface area contributed by atoms with Crippen molar-refractivity contribution < 1.29 is 4.79 Å². The molecule has 1 aromatic heterocycles. The first-order valence-corrected chi connectivity index (χ1v) is 9.87. The number of aromatic nitrogens is 1. The molecule has 0 bridgehead atoms. The van der Waals surface area contributed by atoms with E-state index in [0.717, 1.165) is 36.7 Å². The fraction of sp³-hybridized carbons (Fsp3) is 0.778. The van der Waals surface area contributed by atoms with Crippen LogP contribution in [0.4, 0.5) is 5.13 Å². The van der Waals surface area contributed by atoms with Gasteiger partial charge in [-0.2, -0.15) is 0 Å². The van der Waals surface area contributed by atoms with Crippen molar-refractivity contribution in [2.75, 3.05) is 5.32 Å². The summed E-state index contributed by atoms with van der Waals surface area (Å²) in [6, 6.07) is 0. The lowest BCUT2D eigenvalue weighted by molar-refractivity contribution is -0.121. The van der Waals surface area contributed by atoms with Crippen molar-refractivity contribution in [3.63, 3.8) is 0 Å². The van der Waals surface area contributed by atoms with Gasteiger partial charge in [-0.1, -0.05) is 26.2 Å². The van der Waals surface area contributed by atoms with Crippen molar-refractivity contribution in [3.8, 4) is 0 Å². The van der Waals surface area contributed by atoms with E-state index >= 15 is 0 Å². The standard InChI is InChI=1S/C18H28N2OS/c1-2-3-6-13-9-11-14(12-10-13)17(21)20-18-19-15-7-4-5-8-16(15)22-18/h13-14H,2-12H2,1H3,(H,19,20,21).